The van der Waals surface area contributed by atoms with E-state index in [1.54, 1.807) is 19.2 Å². The van der Waals surface area contributed by atoms with E-state index in [1.807, 2.05) is 37.4 Å². The Morgan fingerprint density at radius 3 is 2.64 bits per heavy atom. The van der Waals surface area contributed by atoms with Gasteiger partial charge in [-0.15, -0.1) is 0 Å². The Morgan fingerprint density at radius 1 is 1.16 bits per heavy atom. The van der Waals surface area contributed by atoms with Gasteiger partial charge in [-0.25, -0.2) is 0 Å². The maximum atomic E-state index is 5.90. The Kier molecular flexibility index (Phi) is 5.73. The average molecular weight is 423 g/mol. The predicted octanol–water partition coefficient (Wildman–Crippen LogP) is 4.79. The molecule has 0 unspecified atom stereocenters. The largest absolute Gasteiger partial charge is 0.496 e. The van der Waals surface area contributed by atoms with E-state index in [1.165, 1.54) is 0 Å². The van der Waals surface area contributed by atoms with Crippen molar-refractivity contribution in [3.63, 3.8) is 0 Å². The third-order valence-corrected chi connectivity index (χ3v) is 4.40. The fraction of sp³-hybridized carbons (Fsp3) is 0.222. The normalized spacial score (nSPS) is 11.1. The van der Waals surface area contributed by atoms with Crippen molar-refractivity contribution >= 4 is 27.5 Å². The maximum Gasteiger partial charge on any atom is 0.241 e. The topological polar surface area (TPSA) is 51.4 Å². The molecule has 0 saturated carbocycles. The van der Waals surface area contributed by atoms with E-state index in [-0.39, 0.29) is 0 Å². The molecule has 0 radical (unpaired) electrons. The number of benzene rings is 2. The van der Waals surface area contributed by atoms with Gasteiger partial charge in [0.2, 0.25) is 11.7 Å². The molecule has 1 heterocycles. The van der Waals surface area contributed by atoms with Gasteiger partial charge in [-0.2, -0.15) is 4.98 Å². The molecule has 0 atom stereocenters. The van der Waals surface area contributed by atoms with Gasteiger partial charge in [-0.3, -0.25) is 4.90 Å². The number of hydrogen-bond acceptors (Lipinski definition) is 5. The average Bonchev–Trinajstić information content (AvgIpc) is 3.04. The van der Waals surface area contributed by atoms with Crippen molar-refractivity contribution in [2.75, 3.05) is 14.2 Å². The van der Waals surface area contributed by atoms with Crippen LogP contribution in [0.1, 0.15) is 11.5 Å². The van der Waals surface area contributed by atoms with E-state index in [0.717, 1.165) is 21.3 Å². The summed E-state index contributed by atoms with van der Waals surface area (Å²) in [5.41, 5.74) is 1.95. The monoisotopic (exact) mass is 421 g/mol. The summed E-state index contributed by atoms with van der Waals surface area (Å²) in [6, 6.07) is 13.3. The van der Waals surface area contributed by atoms with Gasteiger partial charge < -0.3 is 9.26 Å². The maximum absolute atomic E-state index is 5.90. The van der Waals surface area contributed by atoms with Crippen molar-refractivity contribution in [1.29, 1.82) is 0 Å². The smallest absolute Gasteiger partial charge is 0.241 e. The number of halogens is 2. The van der Waals surface area contributed by atoms with E-state index in [4.69, 9.17) is 20.9 Å². The van der Waals surface area contributed by atoms with Crippen LogP contribution in [0.25, 0.3) is 11.4 Å². The van der Waals surface area contributed by atoms with Crippen molar-refractivity contribution in [3.8, 4) is 17.1 Å². The SMILES string of the molecule is COc1ccc(Br)cc1CN(C)Cc1nc(-c2ccc(Cl)cc2)no1. The van der Waals surface area contributed by atoms with Crippen LogP contribution in [0.2, 0.25) is 5.02 Å². The van der Waals surface area contributed by atoms with Crippen molar-refractivity contribution < 1.29 is 9.26 Å². The zero-order chi connectivity index (χ0) is 17.8. The van der Waals surface area contributed by atoms with Crippen LogP contribution in [-0.4, -0.2) is 29.2 Å². The van der Waals surface area contributed by atoms with Gasteiger partial charge in [0.25, 0.3) is 0 Å². The van der Waals surface area contributed by atoms with Crippen LogP contribution in [0.3, 0.4) is 0 Å². The van der Waals surface area contributed by atoms with Gasteiger partial charge in [-0.05, 0) is 49.5 Å². The van der Waals surface area contributed by atoms with Crippen LogP contribution < -0.4 is 4.74 Å². The van der Waals surface area contributed by atoms with Crippen LogP contribution in [-0.2, 0) is 13.1 Å². The molecule has 3 rings (SSSR count). The van der Waals surface area contributed by atoms with Gasteiger partial charge in [0, 0.05) is 27.2 Å². The molecule has 5 nitrogen and oxygen atoms in total. The summed E-state index contributed by atoms with van der Waals surface area (Å²) >= 11 is 9.39. The molecular formula is C18H17BrClN3O2. The Labute approximate surface area is 159 Å². The number of rotatable bonds is 6. The molecule has 1 aromatic heterocycles. The summed E-state index contributed by atoms with van der Waals surface area (Å²) in [5.74, 6) is 1.96. The van der Waals surface area contributed by atoms with Gasteiger partial charge in [0.05, 0.1) is 13.7 Å². The zero-order valence-electron chi connectivity index (χ0n) is 13.9. The molecule has 7 heteroatoms. The van der Waals surface area contributed by atoms with Gasteiger partial charge >= 0.3 is 0 Å². The summed E-state index contributed by atoms with van der Waals surface area (Å²) < 4.78 is 11.8. The van der Waals surface area contributed by atoms with Crippen LogP contribution in [0.5, 0.6) is 5.75 Å². The summed E-state index contributed by atoms with van der Waals surface area (Å²) in [7, 11) is 3.66. The highest BCUT2D eigenvalue weighted by molar-refractivity contribution is 9.10. The highest BCUT2D eigenvalue weighted by atomic mass is 79.9. The summed E-state index contributed by atoms with van der Waals surface area (Å²) in [6.45, 7) is 1.23. The first-order valence-corrected chi connectivity index (χ1v) is 8.81. The number of ether oxygens (including phenoxy) is 1. The number of nitrogens with zero attached hydrogens (tertiary/aromatic N) is 3. The molecule has 2 aromatic carbocycles. The summed E-state index contributed by atoms with van der Waals surface area (Å²) in [6.07, 6.45) is 0. The number of methoxy groups -OCH3 is 1. The van der Waals surface area contributed by atoms with Crippen molar-refractivity contribution in [2.45, 2.75) is 13.1 Å². The van der Waals surface area contributed by atoms with Crippen molar-refractivity contribution in [3.05, 3.63) is 63.4 Å². The Balaban J connectivity index is 1.68. The number of hydrogen-bond donors (Lipinski definition) is 0. The molecule has 0 saturated heterocycles. The lowest BCUT2D eigenvalue weighted by Gasteiger charge is -2.16. The van der Waals surface area contributed by atoms with Crippen molar-refractivity contribution in [2.24, 2.45) is 0 Å². The second kappa shape index (κ2) is 7.99. The van der Waals surface area contributed by atoms with Gasteiger partial charge in [0.1, 0.15) is 5.75 Å². The Hall–Kier alpha value is -1.89. The van der Waals surface area contributed by atoms with E-state index in [2.05, 4.69) is 31.0 Å². The first kappa shape index (κ1) is 17.9. The molecule has 0 amide bonds. The van der Waals surface area contributed by atoms with E-state index in [0.29, 0.717) is 29.8 Å². The Morgan fingerprint density at radius 2 is 1.92 bits per heavy atom. The van der Waals surface area contributed by atoms with E-state index >= 15 is 0 Å². The fourth-order valence-corrected chi connectivity index (χ4v) is 3.02. The zero-order valence-corrected chi connectivity index (χ0v) is 16.2. The lowest BCUT2D eigenvalue weighted by atomic mass is 10.2. The van der Waals surface area contributed by atoms with Crippen LogP contribution in [0.4, 0.5) is 0 Å². The molecule has 0 fully saturated rings. The molecule has 25 heavy (non-hydrogen) atoms. The lowest BCUT2D eigenvalue weighted by Crippen LogP contribution is -2.18. The van der Waals surface area contributed by atoms with Gasteiger partial charge in [-0.1, -0.05) is 32.7 Å². The molecule has 3 aromatic rings. The predicted molar refractivity (Wildman–Crippen MR) is 101 cm³/mol. The molecule has 0 aliphatic carbocycles. The molecule has 0 bridgehead atoms. The van der Waals surface area contributed by atoms with Gasteiger partial charge in [0.15, 0.2) is 0 Å². The van der Waals surface area contributed by atoms with Crippen LogP contribution in [0, 0.1) is 0 Å². The van der Waals surface area contributed by atoms with Crippen molar-refractivity contribution in [1.82, 2.24) is 15.0 Å². The number of aromatic nitrogens is 2. The highest BCUT2D eigenvalue weighted by Crippen LogP contribution is 2.25. The molecule has 0 aliphatic heterocycles. The second-order valence-corrected chi connectivity index (χ2v) is 7.00. The molecule has 130 valence electrons. The highest BCUT2D eigenvalue weighted by Gasteiger charge is 2.13. The minimum Gasteiger partial charge on any atom is -0.496 e. The molecule has 0 aliphatic rings. The minimum atomic E-state index is 0.538. The first-order chi connectivity index (χ1) is 12.0. The Bertz CT molecular complexity index is 852. The third kappa shape index (κ3) is 4.60. The standard InChI is InChI=1S/C18H17BrClN3O2/c1-23(10-13-9-14(19)5-8-16(13)24-2)11-17-21-18(22-25-17)12-3-6-15(20)7-4-12/h3-9H,10-11H2,1-2H3. The third-order valence-electron chi connectivity index (χ3n) is 3.66. The second-order valence-electron chi connectivity index (χ2n) is 5.65. The first-order valence-electron chi connectivity index (χ1n) is 7.64. The fourth-order valence-electron chi connectivity index (χ4n) is 2.48. The quantitative estimate of drug-likeness (QED) is 0.571. The minimum absolute atomic E-state index is 0.538. The van der Waals surface area contributed by atoms with E-state index in [9.17, 15) is 0 Å². The molecule has 0 N–H and O–H groups in total. The van der Waals surface area contributed by atoms with E-state index < -0.39 is 0 Å². The summed E-state index contributed by atoms with van der Waals surface area (Å²) in [4.78, 5) is 6.54. The lowest BCUT2D eigenvalue weighted by molar-refractivity contribution is 0.257. The molecular weight excluding hydrogens is 406 g/mol. The van der Waals surface area contributed by atoms with Crippen LogP contribution >= 0.6 is 27.5 Å². The molecule has 0 spiro atoms. The summed E-state index contributed by atoms with van der Waals surface area (Å²) in [5, 5.41) is 4.71. The van der Waals surface area contributed by atoms with Crippen LogP contribution in [0.15, 0.2) is 51.5 Å².